The lowest BCUT2D eigenvalue weighted by molar-refractivity contribution is -0.126. The van der Waals surface area contributed by atoms with E-state index in [0.717, 1.165) is 19.4 Å². The zero-order valence-electron chi connectivity index (χ0n) is 12.1. The van der Waals surface area contributed by atoms with Crippen molar-refractivity contribution in [2.24, 2.45) is 11.7 Å². The largest absolute Gasteiger partial charge is 0.338 e. The van der Waals surface area contributed by atoms with E-state index in [9.17, 15) is 9.59 Å². The lowest BCUT2D eigenvalue weighted by atomic mass is 9.89. The first-order chi connectivity index (χ1) is 9.01. The summed E-state index contributed by atoms with van der Waals surface area (Å²) < 4.78 is 0. The molecule has 0 aromatic rings. The van der Waals surface area contributed by atoms with Gasteiger partial charge in [-0.2, -0.15) is 0 Å². The second kappa shape index (κ2) is 7.45. The number of carbonyl (C=O) groups excluding carboxylic acids is 2. The fourth-order valence-corrected chi connectivity index (χ4v) is 2.70. The maximum absolute atomic E-state index is 12.0. The van der Waals surface area contributed by atoms with E-state index in [1.165, 1.54) is 0 Å². The molecule has 19 heavy (non-hydrogen) atoms. The topological polar surface area (TPSA) is 87.5 Å². The molecule has 0 aromatic carbocycles. The first-order valence-corrected chi connectivity index (χ1v) is 7.05. The summed E-state index contributed by atoms with van der Waals surface area (Å²) in [5.74, 6) is 0.219. The van der Waals surface area contributed by atoms with Crippen molar-refractivity contribution in [1.29, 1.82) is 0 Å². The number of nitrogens with two attached hydrogens (primary N) is 1. The van der Waals surface area contributed by atoms with Gasteiger partial charge in [0.2, 0.25) is 5.91 Å². The molecule has 3 atom stereocenters. The monoisotopic (exact) mass is 270 g/mol. The summed E-state index contributed by atoms with van der Waals surface area (Å²) in [4.78, 5) is 25.5. The molecule has 3 amide bonds. The fraction of sp³-hybridized carbons (Fsp3) is 0.846. The maximum Gasteiger partial charge on any atom is 0.321 e. The molecule has 1 rings (SSSR count). The van der Waals surface area contributed by atoms with Crippen molar-refractivity contribution in [3.05, 3.63) is 0 Å². The lowest BCUT2D eigenvalue weighted by Gasteiger charge is -2.42. The summed E-state index contributed by atoms with van der Waals surface area (Å²) in [6, 6.07) is -0.559. The van der Waals surface area contributed by atoms with Crippen molar-refractivity contribution in [3.8, 4) is 0 Å². The molecule has 1 saturated heterocycles. The van der Waals surface area contributed by atoms with Crippen LogP contribution in [0.5, 0.6) is 0 Å². The van der Waals surface area contributed by atoms with Gasteiger partial charge in [0, 0.05) is 19.1 Å². The van der Waals surface area contributed by atoms with Gasteiger partial charge < -0.3 is 11.1 Å². The normalized spacial score (nSPS) is 25.7. The Morgan fingerprint density at radius 1 is 1.47 bits per heavy atom. The van der Waals surface area contributed by atoms with Crippen molar-refractivity contribution in [2.75, 3.05) is 19.6 Å². The van der Waals surface area contributed by atoms with Crippen LogP contribution in [0, 0.1) is 5.92 Å². The first-order valence-electron chi connectivity index (χ1n) is 7.05. The van der Waals surface area contributed by atoms with Crippen LogP contribution in [-0.2, 0) is 4.79 Å². The van der Waals surface area contributed by atoms with Gasteiger partial charge in [0.25, 0.3) is 0 Å². The molecule has 6 nitrogen and oxygen atoms in total. The molecule has 1 aliphatic rings. The number of nitrogens with one attached hydrogen (secondary N) is 2. The number of amides is 3. The molecule has 0 saturated carbocycles. The summed E-state index contributed by atoms with van der Waals surface area (Å²) in [5.41, 5.74) is 5.82. The Labute approximate surface area is 115 Å². The Morgan fingerprint density at radius 3 is 2.74 bits per heavy atom. The minimum Gasteiger partial charge on any atom is -0.338 e. The molecule has 4 N–H and O–H groups in total. The number of hydrogen-bond donors (Lipinski definition) is 3. The highest BCUT2D eigenvalue weighted by molar-refractivity contribution is 5.96. The number of rotatable bonds is 4. The van der Waals surface area contributed by atoms with E-state index in [1.54, 1.807) is 0 Å². The third-order valence-corrected chi connectivity index (χ3v) is 3.85. The van der Waals surface area contributed by atoms with Crippen LogP contribution in [0.2, 0.25) is 0 Å². The standard InChI is InChI=1S/C13H26N4O2/c1-4-15-13(19)16-12(18)10(3)17-7-5-6-9(2)11(17)8-14/h9-11H,4-8,14H2,1-3H3,(H2,15,16,18,19). The quantitative estimate of drug-likeness (QED) is 0.685. The predicted octanol–water partition coefficient (Wildman–Crippen LogP) is 0.280. The molecule has 0 aliphatic carbocycles. The van der Waals surface area contributed by atoms with Crippen LogP contribution in [0.3, 0.4) is 0 Å². The number of nitrogens with zero attached hydrogens (tertiary/aromatic N) is 1. The maximum atomic E-state index is 12.0. The van der Waals surface area contributed by atoms with Crippen LogP contribution in [0.1, 0.15) is 33.6 Å². The van der Waals surface area contributed by atoms with Crippen molar-refractivity contribution >= 4 is 11.9 Å². The van der Waals surface area contributed by atoms with Gasteiger partial charge in [-0.1, -0.05) is 6.92 Å². The van der Waals surface area contributed by atoms with Crippen LogP contribution in [0.25, 0.3) is 0 Å². The van der Waals surface area contributed by atoms with Crippen LogP contribution < -0.4 is 16.4 Å². The number of carbonyl (C=O) groups is 2. The summed E-state index contributed by atoms with van der Waals surface area (Å²) >= 11 is 0. The Hall–Kier alpha value is -1.14. The zero-order chi connectivity index (χ0) is 14.4. The highest BCUT2D eigenvalue weighted by atomic mass is 16.2. The highest BCUT2D eigenvalue weighted by Gasteiger charge is 2.33. The Bertz CT molecular complexity index is 322. The van der Waals surface area contributed by atoms with Gasteiger partial charge in [-0.25, -0.2) is 4.79 Å². The molecular weight excluding hydrogens is 244 g/mol. The van der Waals surface area contributed by atoms with Gasteiger partial charge in [-0.05, 0) is 39.2 Å². The predicted molar refractivity (Wildman–Crippen MR) is 74.6 cm³/mol. The zero-order valence-corrected chi connectivity index (χ0v) is 12.1. The molecule has 0 bridgehead atoms. The van der Waals surface area contributed by atoms with E-state index in [-0.39, 0.29) is 18.0 Å². The second-order valence-corrected chi connectivity index (χ2v) is 5.19. The van der Waals surface area contributed by atoms with Crippen LogP contribution >= 0.6 is 0 Å². The van der Waals surface area contributed by atoms with Crippen LogP contribution in [-0.4, -0.2) is 48.6 Å². The summed E-state index contributed by atoms with van der Waals surface area (Å²) in [6.45, 7) is 7.70. The SMILES string of the molecule is CCNC(=O)NC(=O)C(C)N1CCCC(C)C1CN. The van der Waals surface area contributed by atoms with Gasteiger partial charge in [-0.15, -0.1) is 0 Å². The third kappa shape index (κ3) is 4.18. The Kier molecular flexibility index (Phi) is 6.24. The molecule has 0 spiro atoms. The highest BCUT2D eigenvalue weighted by Crippen LogP contribution is 2.24. The number of urea groups is 1. The Morgan fingerprint density at radius 2 is 2.16 bits per heavy atom. The van der Waals surface area contributed by atoms with E-state index in [0.29, 0.717) is 19.0 Å². The summed E-state index contributed by atoms with van der Waals surface area (Å²) in [5, 5.41) is 4.92. The number of imide groups is 1. The molecule has 1 fully saturated rings. The minimum atomic E-state index is -0.436. The number of piperidine rings is 1. The smallest absolute Gasteiger partial charge is 0.321 e. The average Bonchev–Trinajstić information content (AvgIpc) is 2.37. The van der Waals surface area contributed by atoms with Crippen LogP contribution in [0.4, 0.5) is 4.79 Å². The molecular formula is C13H26N4O2. The number of likely N-dealkylation sites (tertiary alicyclic amines) is 1. The summed E-state index contributed by atoms with van der Waals surface area (Å²) in [6.07, 6.45) is 2.21. The van der Waals surface area contributed by atoms with E-state index < -0.39 is 6.03 Å². The molecule has 1 heterocycles. The van der Waals surface area contributed by atoms with Gasteiger partial charge in [0.15, 0.2) is 0 Å². The van der Waals surface area contributed by atoms with Gasteiger partial charge >= 0.3 is 6.03 Å². The van der Waals surface area contributed by atoms with Gasteiger partial charge in [0.05, 0.1) is 6.04 Å². The van der Waals surface area contributed by atoms with Crippen molar-refractivity contribution < 1.29 is 9.59 Å². The van der Waals surface area contributed by atoms with E-state index in [2.05, 4.69) is 22.5 Å². The lowest BCUT2D eigenvalue weighted by Crippen LogP contribution is -2.57. The average molecular weight is 270 g/mol. The van der Waals surface area contributed by atoms with Gasteiger partial charge in [0.1, 0.15) is 0 Å². The Balaban J connectivity index is 2.61. The fourth-order valence-electron chi connectivity index (χ4n) is 2.70. The second-order valence-electron chi connectivity index (χ2n) is 5.19. The van der Waals surface area contributed by atoms with Crippen molar-refractivity contribution in [3.63, 3.8) is 0 Å². The first kappa shape index (κ1) is 15.9. The third-order valence-electron chi connectivity index (χ3n) is 3.85. The van der Waals surface area contributed by atoms with Gasteiger partial charge in [-0.3, -0.25) is 15.0 Å². The molecule has 3 unspecified atom stereocenters. The van der Waals surface area contributed by atoms with E-state index >= 15 is 0 Å². The number of hydrogen-bond acceptors (Lipinski definition) is 4. The van der Waals surface area contributed by atoms with E-state index in [4.69, 9.17) is 5.73 Å². The molecule has 110 valence electrons. The molecule has 6 heteroatoms. The summed E-state index contributed by atoms with van der Waals surface area (Å²) in [7, 11) is 0. The van der Waals surface area contributed by atoms with E-state index in [1.807, 2.05) is 13.8 Å². The molecule has 0 aromatic heterocycles. The van der Waals surface area contributed by atoms with Crippen molar-refractivity contribution in [2.45, 2.75) is 45.7 Å². The molecule has 0 radical (unpaired) electrons. The van der Waals surface area contributed by atoms with Crippen LogP contribution in [0.15, 0.2) is 0 Å². The van der Waals surface area contributed by atoms with Crippen molar-refractivity contribution in [1.82, 2.24) is 15.5 Å². The molecule has 1 aliphatic heterocycles. The minimum absolute atomic E-state index is 0.212.